The van der Waals surface area contributed by atoms with Crippen LogP contribution in [0.4, 0.5) is 17.1 Å². The van der Waals surface area contributed by atoms with E-state index in [1.807, 2.05) is 27.7 Å². The van der Waals surface area contributed by atoms with Crippen LogP contribution in [0.15, 0.2) is 48.5 Å². The number of hydrogen-bond acceptors (Lipinski definition) is 4. The Bertz CT molecular complexity index is 886. The number of hydrogen-bond donors (Lipinski definition) is 4. The molecule has 0 aliphatic heterocycles. The van der Waals surface area contributed by atoms with Crippen molar-refractivity contribution < 1.29 is 14.4 Å². The molecule has 0 spiro atoms. The van der Waals surface area contributed by atoms with Gasteiger partial charge in [0, 0.05) is 34.6 Å². The summed E-state index contributed by atoms with van der Waals surface area (Å²) in [7, 11) is 0. The molecule has 0 aliphatic carbocycles. The highest BCUT2D eigenvalue weighted by Gasteiger charge is 2.21. The maximum absolute atomic E-state index is 12.2. The first-order valence-corrected chi connectivity index (χ1v) is 10.0. The quantitative estimate of drug-likeness (QED) is 0.531. The molecule has 2 aromatic rings. The summed E-state index contributed by atoms with van der Waals surface area (Å²) in [5.74, 6) is -0.432. The highest BCUT2D eigenvalue weighted by atomic mass is 16.2. The van der Waals surface area contributed by atoms with Crippen molar-refractivity contribution in [3.63, 3.8) is 0 Å². The molecule has 0 aliphatic rings. The molecule has 0 unspecified atom stereocenters. The van der Waals surface area contributed by atoms with E-state index >= 15 is 0 Å². The summed E-state index contributed by atoms with van der Waals surface area (Å²) in [6.07, 6.45) is 0.881. The number of nitrogens with one attached hydrogen (secondary N) is 4. The molecule has 0 fully saturated rings. The lowest BCUT2D eigenvalue weighted by Gasteiger charge is -2.18. The summed E-state index contributed by atoms with van der Waals surface area (Å²) in [4.78, 5) is 36.3. The highest BCUT2D eigenvalue weighted by molar-refractivity contribution is 5.97. The van der Waals surface area contributed by atoms with Crippen LogP contribution in [0.1, 0.15) is 44.5 Å². The third kappa shape index (κ3) is 7.24. The van der Waals surface area contributed by atoms with Crippen molar-refractivity contribution >= 4 is 34.8 Å². The fourth-order valence-electron chi connectivity index (χ4n) is 2.46. The Kier molecular flexibility index (Phi) is 7.98. The van der Waals surface area contributed by atoms with Crippen LogP contribution in [-0.2, 0) is 9.59 Å². The van der Waals surface area contributed by atoms with Gasteiger partial charge in [-0.15, -0.1) is 0 Å². The van der Waals surface area contributed by atoms with Crippen molar-refractivity contribution in [2.45, 2.75) is 34.1 Å². The van der Waals surface area contributed by atoms with Crippen molar-refractivity contribution in [1.29, 1.82) is 0 Å². The first-order valence-electron chi connectivity index (χ1n) is 10.0. The van der Waals surface area contributed by atoms with Gasteiger partial charge in [-0.05, 0) is 48.9 Å². The van der Waals surface area contributed by atoms with Crippen LogP contribution in [0.25, 0.3) is 0 Å². The van der Waals surface area contributed by atoms with Gasteiger partial charge in [-0.1, -0.05) is 33.8 Å². The second-order valence-corrected chi connectivity index (χ2v) is 8.02. The summed E-state index contributed by atoms with van der Waals surface area (Å²) in [5, 5.41) is 11.5. The molecule has 0 bridgehead atoms. The minimum atomic E-state index is -0.505. The maximum atomic E-state index is 12.2. The SMILES string of the molecule is CCCNC(=O)c1ccc(NCC(=O)Nc2cccc(NC(=O)C(C)(C)C)c2)cc1. The van der Waals surface area contributed by atoms with E-state index in [0.29, 0.717) is 23.5 Å². The minimum absolute atomic E-state index is 0.0694. The second kappa shape index (κ2) is 10.4. The average molecular weight is 411 g/mol. The number of carbonyl (C=O) groups excluding carboxylic acids is 3. The number of rotatable bonds is 8. The first kappa shape index (κ1) is 22.9. The molecule has 7 heteroatoms. The van der Waals surface area contributed by atoms with Gasteiger partial charge in [0.05, 0.1) is 6.54 Å². The number of carbonyl (C=O) groups is 3. The molecular formula is C23H30N4O3. The van der Waals surface area contributed by atoms with Crippen molar-refractivity contribution in [1.82, 2.24) is 5.32 Å². The van der Waals surface area contributed by atoms with Gasteiger partial charge >= 0.3 is 0 Å². The van der Waals surface area contributed by atoms with E-state index in [9.17, 15) is 14.4 Å². The molecular weight excluding hydrogens is 380 g/mol. The molecule has 0 heterocycles. The molecule has 2 rings (SSSR count). The second-order valence-electron chi connectivity index (χ2n) is 8.02. The summed E-state index contributed by atoms with van der Waals surface area (Å²) in [6, 6.07) is 14.0. The lowest BCUT2D eigenvalue weighted by molar-refractivity contribution is -0.123. The number of anilines is 3. The fraction of sp³-hybridized carbons (Fsp3) is 0.348. The van der Waals surface area contributed by atoms with Crippen LogP contribution in [0.5, 0.6) is 0 Å². The molecule has 0 radical (unpaired) electrons. The van der Waals surface area contributed by atoms with Gasteiger partial charge in [0.2, 0.25) is 11.8 Å². The zero-order chi connectivity index (χ0) is 22.1. The van der Waals surface area contributed by atoms with Gasteiger partial charge < -0.3 is 21.3 Å². The first-order chi connectivity index (χ1) is 14.2. The van der Waals surface area contributed by atoms with Gasteiger partial charge in [0.1, 0.15) is 0 Å². The normalized spacial score (nSPS) is 10.8. The molecule has 0 atom stereocenters. The van der Waals surface area contributed by atoms with Crippen LogP contribution in [0.2, 0.25) is 0 Å². The van der Waals surface area contributed by atoms with Gasteiger partial charge in [-0.2, -0.15) is 0 Å². The standard InChI is InChI=1S/C23H30N4O3/c1-5-13-24-21(29)16-9-11-17(12-10-16)25-15-20(28)26-18-7-6-8-19(14-18)27-22(30)23(2,3)4/h6-12,14,25H,5,13,15H2,1-4H3,(H,24,29)(H,26,28)(H,27,30). The molecule has 160 valence electrons. The van der Waals surface area contributed by atoms with Gasteiger partial charge in [-0.25, -0.2) is 0 Å². The van der Waals surface area contributed by atoms with E-state index in [2.05, 4.69) is 21.3 Å². The molecule has 2 aromatic carbocycles. The van der Waals surface area contributed by atoms with Crippen molar-refractivity contribution in [3.8, 4) is 0 Å². The number of amides is 3. The predicted octanol–water partition coefficient (Wildman–Crippen LogP) is 3.86. The molecule has 7 nitrogen and oxygen atoms in total. The molecule has 0 saturated heterocycles. The summed E-state index contributed by atoms with van der Waals surface area (Å²) in [6.45, 7) is 8.22. The van der Waals surface area contributed by atoms with Gasteiger partial charge in [0.15, 0.2) is 0 Å². The van der Waals surface area contributed by atoms with E-state index in [0.717, 1.165) is 12.1 Å². The van der Waals surface area contributed by atoms with Crippen LogP contribution in [0.3, 0.4) is 0 Å². The Morgan fingerprint density at radius 1 is 0.867 bits per heavy atom. The molecule has 3 amide bonds. The van der Waals surface area contributed by atoms with E-state index < -0.39 is 5.41 Å². The van der Waals surface area contributed by atoms with Crippen molar-refractivity contribution in [2.24, 2.45) is 5.41 Å². The van der Waals surface area contributed by atoms with E-state index in [1.165, 1.54) is 0 Å². The highest BCUT2D eigenvalue weighted by Crippen LogP contribution is 2.20. The van der Waals surface area contributed by atoms with Crippen LogP contribution < -0.4 is 21.3 Å². The summed E-state index contributed by atoms with van der Waals surface area (Å²) in [5.41, 5.74) is 2.03. The van der Waals surface area contributed by atoms with Crippen LogP contribution >= 0.6 is 0 Å². The Labute approximate surface area is 177 Å². The Balaban J connectivity index is 1.87. The third-order valence-electron chi connectivity index (χ3n) is 4.22. The number of benzene rings is 2. The van der Waals surface area contributed by atoms with Crippen molar-refractivity contribution in [2.75, 3.05) is 29.0 Å². The zero-order valence-electron chi connectivity index (χ0n) is 18.0. The molecule has 30 heavy (non-hydrogen) atoms. The van der Waals surface area contributed by atoms with E-state index in [-0.39, 0.29) is 24.3 Å². The average Bonchev–Trinajstić information content (AvgIpc) is 2.70. The maximum Gasteiger partial charge on any atom is 0.251 e. The van der Waals surface area contributed by atoms with Crippen LogP contribution in [0, 0.1) is 5.41 Å². The lowest BCUT2D eigenvalue weighted by atomic mass is 9.95. The Morgan fingerprint density at radius 2 is 1.50 bits per heavy atom. The van der Waals surface area contributed by atoms with Crippen molar-refractivity contribution in [3.05, 3.63) is 54.1 Å². The Hall–Kier alpha value is -3.35. The smallest absolute Gasteiger partial charge is 0.251 e. The van der Waals surface area contributed by atoms with Crippen LogP contribution in [-0.4, -0.2) is 30.8 Å². The predicted molar refractivity (Wildman–Crippen MR) is 121 cm³/mol. The molecule has 4 N–H and O–H groups in total. The topological polar surface area (TPSA) is 99.3 Å². The summed E-state index contributed by atoms with van der Waals surface area (Å²) >= 11 is 0. The molecule has 0 aromatic heterocycles. The Morgan fingerprint density at radius 3 is 2.10 bits per heavy atom. The zero-order valence-corrected chi connectivity index (χ0v) is 18.0. The largest absolute Gasteiger partial charge is 0.376 e. The van der Waals surface area contributed by atoms with E-state index in [4.69, 9.17) is 0 Å². The minimum Gasteiger partial charge on any atom is -0.376 e. The molecule has 0 saturated carbocycles. The van der Waals surface area contributed by atoms with E-state index in [1.54, 1.807) is 48.5 Å². The fourth-order valence-corrected chi connectivity index (χ4v) is 2.46. The van der Waals surface area contributed by atoms with Gasteiger partial charge in [0.25, 0.3) is 5.91 Å². The summed E-state index contributed by atoms with van der Waals surface area (Å²) < 4.78 is 0. The third-order valence-corrected chi connectivity index (χ3v) is 4.22. The monoisotopic (exact) mass is 410 g/mol. The lowest BCUT2D eigenvalue weighted by Crippen LogP contribution is -2.27. The van der Waals surface area contributed by atoms with Gasteiger partial charge in [-0.3, -0.25) is 14.4 Å².